The molecule has 9 heteroatoms. The van der Waals surface area contributed by atoms with E-state index in [-0.39, 0.29) is 11.7 Å². The first-order chi connectivity index (χ1) is 16.4. The van der Waals surface area contributed by atoms with Gasteiger partial charge in [0.15, 0.2) is 5.16 Å². The van der Waals surface area contributed by atoms with Crippen LogP contribution in [0.2, 0.25) is 0 Å². The van der Waals surface area contributed by atoms with Crippen LogP contribution in [0, 0.1) is 19.7 Å². The predicted octanol–water partition coefficient (Wildman–Crippen LogP) is 5.01. The zero-order chi connectivity index (χ0) is 24.1. The van der Waals surface area contributed by atoms with Crippen molar-refractivity contribution in [3.8, 4) is 5.69 Å². The zero-order valence-electron chi connectivity index (χ0n) is 18.6. The highest BCUT2D eigenvalue weighted by Gasteiger charge is 2.12. The van der Waals surface area contributed by atoms with Crippen molar-refractivity contribution in [3.05, 3.63) is 95.6 Å². The van der Waals surface area contributed by atoms with Gasteiger partial charge in [-0.2, -0.15) is 0 Å². The summed E-state index contributed by atoms with van der Waals surface area (Å²) in [4.78, 5) is 25.0. The molecule has 0 aliphatic rings. The number of hydrogen-bond acceptors (Lipinski definition) is 5. The Labute approximate surface area is 200 Å². The lowest BCUT2D eigenvalue weighted by Gasteiger charge is -2.10. The first-order valence-electron chi connectivity index (χ1n) is 10.5. The van der Waals surface area contributed by atoms with E-state index in [4.69, 9.17) is 0 Å². The molecular formula is C25H22FN5O2S. The minimum Gasteiger partial charge on any atom is -0.325 e. The molecular weight excluding hydrogens is 453 g/mol. The standard InChI is InChI=1S/C25H22FN5O2S/c1-16-9-10-22(11-17(16)2)31-15-27-30-25(31)34-14-23(32)28-20-7-3-5-18(12-20)24(33)29-21-8-4-6-19(26)13-21/h3-13,15H,14H2,1-2H3,(H,28,32)(H,29,33). The third-order valence-electron chi connectivity index (χ3n) is 5.11. The van der Waals surface area contributed by atoms with Gasteiger partial charge in [0, 0.05) is 22.6 Å². The van der Waals surface area contributed by atoms with Crippen molar-refractivity contribution in [1.29, 1.82) is 0 Å². The predicted molar refractivity (Wildman–Crippen MR) is 131 cm³/mol. The lowest BCUT2D eigenvalue weighted by molar-refractivity contribution is -0.113. The molecule has 0 saturated carbocycles. The lowest BCUT2D eigenvalue weighted by Crippen LogP contribution is -2.16. The molecule has 2 N–H and O–H groups in total. The molecule has 0 radical (unpaired) electrons. The summed E-state index contributed by atoms with van der Waals surface area (Å²) in [6.45, 7) is 4.08. The Morgan fingerprint density at radius 3 is 2.47 bits per heavy atom. The van der Waals surface area contributed by atoms with Crippen LogP contribution in [0.3, 0.4) is 0 Å². The van der Waals surface area contributed by atoms with Gasteiger partial charge in [0.05, 0.1) is 5.75 Å². The van der Waals surface area contributed by atoms with Crippen molar-refractivity contribution >= 4 is 35.0 Å². The highest BCUT2D eigenvalue weighted by Crippen LogP contribution is 2.22. The molecule has 0 fully saturated rings. The van der Waals surface area contributed by atoms with Crippen LogP contribution >= 0.6 is 11.8 Å². The Kier molecular flexibility index (Phi) is 7.03. The quantitative estimate of drug-likeness (QED) is 0.367. The number of benzene rings is 3. The van der Waals surface area contributed by atoms with Crippen molar-refractivity contribution < 1.29 is 14.0 Å². The molecule has 0 spiro atoms. The van der Waals surface area contributed by atoms with E-state index in [9.17, 15) is 14.0 Å². The topological polar surface area (TPSA) is 88.9 Å². The van der Waals surface area contributed by atoms with E-state index in [1.165, 1.54) is 35.5 Å². The van der Waals surface area contributed by atoms with E-state index in [0.717, 1.165) is 11.3 Å². The van der Waals surface area contributed by atoms with Crippen LogP contribution in [-0.2, 0) is 4.79 Å². The average Bonchev–Trinajstić information content (AvgIpc) is 3.28. The van der Waals surface area contributed by atoms with Crippen LogP contribution in [0.4, 0.5) is 15.8 Å². The van der Waals surface area contributed by atoms with Gasteiger partial charge in [-0.25, -0.2) is 4.39 Å². The number of nitrogens with one attached hydrogen (secondary N) is 2. The molecule has 2 amide bonds. The van der Waals surface area contributed by atoms with Crippen LogP contribution in [-0.4, -0.2) is 32.3 Å². The van der Waals surface area contributed by atoms with Crippen molar-refractivity contribution in [2.75, 3.05) is 16.4 Å². The molecule has 0 aliphatic heterocycles. The number of aryl methyl sites for hydroxylation is 2. The van der Waals surface area contributed by atoms with E-state index >= 15 is 0 Å². The smallest absolute Gasteiger partial charge is 0.255 e. The number of carbonyl (C=O) groups is 2. The second-order valence-corrected chi connectivity index (χ2v) is 8.58. The fourth-order valence-corrected chi connectivity index (χ4v) is 3.94. The van der Waals surface area contributed by atoms with Gasteiger partial charge >= 0.3 is 0 Å². The van der Waals surface area contributed by atoms with Gasteiger partial charge in [0.2, 0.25) is 5.91 Å². The van der Waals surface area contributed by atoms with Crippen LogP contribution in [0.15, 0.2) is 78.2 Å². The summed E-state index contributed by atoms with van der Waals surface area (Å²) in [5.74, 6) is -0.979. The molecule has 172 valence electrons. The van der Waals surface area contributed by atoms with E-state index < -0.39 is 11.7 Å². The minimum absolute atomic E-state index is 0.114. The van der Waals surface area contributed by atoms with Crippen molar-refractivity contribution in [2.24, 2.45) is 0 Å². The Morgan fingerprint density at radius 1 is 0.941 bits per heavy atom. The Hall–Kier alpha value is -3.98. The molecule has 0 unspecified atom stereocenters. The van der Waals surface area contributed by atoms with Crippen LogP contribution in [0.1, 0.15) is 21.5 Å². The maximum absolute atomic E-state index is 13.3. The Balaban J connectivity index is 1.37. The number of carbonyl (C=O) groups excluding carboxylic acids is 2. The fourth-order valence-electron chi connectivity index (χ4n) is 3.21. The number of halogens is 1. The van der Waals surface area contributed by atoms with Crippen LogP contribution < -0.4 is 10.6 Å². The van der Waals surface area contributed by atoms with E-state index in [1.807, 2.05) is 36.6 Å². The van der Waals surface area contributed by atoms with Gasteiger partial charge in [0.1, 0.15) is 12.1 Å². The first kappa shape index (κ1) is 23.2. The van der Waals surface area contributed by atoms with Gasteiger partial charge in [-0.3, -0.25) is 14.2 Å². The third kappa shape index (κ3) is 5.68. The van der Waals surface area contributed by atoms with Crippen LogP contribution in [0.5, 0.6) is 0 Å². The zero-order valence-corrected chi connectivity index (χ0v) is 19.4. The lowest BCUT2D eigenvalue weighted by atomic mass is 10.1. The van der Waals surface area contributed by atoms with Gasteiger partial charge in [-0.05, 0) is 73.5 Å². The summed E-state index contributed by atoms with van der Waals surface area (Å²) >= 11 is 1.26. The number of anilines is 2. The molecule has 0 atom stereocenters. The number of amides is 2. The van der Waals surface area contributed by atoms with Crippen molar-refractivity contribution in [3.63, 3.8) is 0 Å². The minimum atomic E-state index is -0.440. The second kappa shape index (κ2) is 10.3. The number of thioether (sulfide) groups is 1. The summed E-state index contributed by atoms with van der Waals surface area (Å²) in [6.07, 6.45) is 1.62. The van der Waals surface area contributed by atoms with Gasteiger partial charge in [-0.1, -0.05) is 30.0 Å². The SMILES string of the molecule is Cc1ccc(-n2cnnc2SCC(=O)Nc2cccc(C(=O)Nc3cccc(F)c3)c2)cc1C. The van der Waals surface area contributed by atoms with Gasteiger partial charge in [0.25, 0.3) is 5.91 Å². The Bertz CT molecular complexity index is 1350. The number of nitrogens with zero attached hydrogens (tertiary/aromatic N) is 3. The molecule has 1 heterocycles. The molecule has 0 saturated heterocycles. The maximum atomic E-state index is 13.3. The number of hydrogen-bond donors (Lipinski definition) is 2. The monoisotopic (exact) mass is 475 g/mol. The van der Waals surface area contributed by atoms with Crippen LogP contribution in [0.25, 0.3) is 5.69 Å². The third-order valence-corrected chi connectivity index (χ3v) is 6.05. The molecule has 34 heavy (non-hydrogen) atoms. The molecule has 4 aromatic rings. The van der Waals surface area contributed by atoms with Crippen molar-refractivity contribution in [1.82, 2.24) is 14.8 Å². The summed E-state index contributed by atoms with van der Waals surface area (Å²) < 4.78 is 15.2. The molecule has 4 rings (SSSR count). The number of rotatable bonds is 7. The Morgan fingerprint density at radius 2 is 1.71 bits per heavy atom. The van der Waals surface area contributed by atoms with E-state index in [0.29, 0.717) is 22.1 Å². The second-order valence-electron chi connectivity index (χ2n) is 7.63. The molecule has 7 nitrogen and oxygen atoms in total. The fraction of sp³-hybridized carbons (Fsp3) is 0.120. The largest absolute Gasteiger partial charge is 0.325 e. The summed E-state index contributed by atoms with van der Waals surface area (Å²) in [7, 11) is 0. The molecule has 1 aromatic heterocycles. The average molecular weight is 476 g/mol. The highest BCUT2D eigenvalue weighted by atomic mass is 32.2. The first-order valence-corrected chi connectivity index (χ1v) is 11.4. The summed E-state index contributed by atoms with van der Waals surface area (Å²) in [6, 6.07) is 18.2. The normalized spacial score (nSPS) is 10.7. The van der Waals surface area contributed by atoms with E-state index in [2.05, 4.69) is 20.8 Å². The molecule has 3 aromatic carbocycles. The van der Waals surface area contributed by atoms with Crippen molar-refractivity contribution in [2.45, 2.75) is 19.0 Å². The van der Waals surface area contributed by atoms with E-state index in [1.54, 1.807) is 36.7 Å². The molecule has 0 bridgehead atoms. The maximum Gasteiger partial charge on any atom is 0.255 e. The summed E-state index contributed by atoms with van der Waals surface area (Å²) in [5.41, 5.74) is 4.44. The highest BCUT2D eigenvalue weighted by molar-refractivity contribution is 7.99. The van der Waals surface area contributed by atoms with Gasteiger partial charge in [-0.15, -0.1) is 10.2 Å². The summed E-state index contributed by atoms with van der Waals surface area (Å²) in [5, 5.41) is 14.1. The van der Waals surface area contributed by atoms with Gasteiger partial charge < -0.3 is 10.6 Å². The number of aromatic nitrogens is 3. The molecule has 0 aliphatic carbocycles.